The summed E-state index contributed by atoms with van der Waals surface area (Å²) in [5, 5.41) is 14.1. The monoisotopic (exact) mass is 402 g/mol. The number of rotatable bonds is 9. The minimum atomic E-state index is -2.46. The summed E-state index contributed by atoms with van der Waals surface area (Å²) < 4.78 is 25.2. The molecule has 1 heterocycles. The highest BCUT2D eigenvalue weighted by molar-refractivity contribution is 8.02. The number of aromatic nitrogens is 2. The lowest BCUT2D eigenvalue weighted by atomic mass is 10.3. The van der Waals surface area contributed by atoms with E-state index in [4.69, 9.17) is 0 Å². The third-order valence-corrected chi connectivity index (χ3v) is 5.59. The summed E-state index contributed by atoms with van der Waals surface area (Å²) in [6.07, 6.45) is 1.72. The van der Waals surface area contributed by atoms with Crippen LogP contribution >= 0.6 is 34.9 Å². The van der Waals surface area contributed by atoms with Crippen LogP contribution in [0.15, 0.2) is 46.2 Å². The van der Waals surface area contributed by atoms with Crippen molar-refractivity contribution in [3.63, 3.8) is 0 Å². The fraction of sp³-hybridized carbons (Fsp3) is 0.267. The van der Waals surface area contributed by atoms with Crippen molar-refractivity contribution in [3.8, 4) is 0 Å². The van der Waals surface area contributed by atoms with Crippen molar-refractivity contribution in [1.82, 2.24) is 10.2 Å². The first-order valence-electron chi connectivity index (χ1n) is 7.18. The Balaban J connectivity index is 1.87. The number of nitrogens with zero attached hydrogens (tertiary/aromatic N) is 2. The summed E-state index contributed by atoms with van der Waals surface area (Å²) in [5.74, 6) is -2.66. The Morgan fingerprint density at radius 2 is 2.04 bits per heavy atom. The van der Waals surface area contributed by atoms with Crippen molar-refractivity contribution in [2.75, 3.05) is 17.2 Å². The van der Waals surface area contributed by atoms with Crippen LogP contribution in [0.3, 0.4) is 0 Å². The molecule has 134 valence electrons. The van der Waals surface area contributed by atoms with Gasteiger partial charge in [0.2, 0.25) is 11.0 Å². The van der Waals surface area contributed by atoms with Gasteiger partial charge in [0.1, 0.15) is 0 Å². The molecule has 25 heavy (non-hydrogen) atoms. The van der Waals surface area contributed by atoms with E-state index in [-0.39, 0.29) is 11.2 Å². The Morgan fingerprint density at radius 1 is 1.32 bits per heavy atom. The number of nitrogens with one attached hydrogen (secondary N) is 2. The molecule has 0 radical (unpaired) electrons. The van der Waals surface area contributed by atoms with E-state index >= 15 is 0 Å². The number of carbonyl (C=O) groups is 1. The first-order chi connectivity index (χ1) is 12.0. The van der Waals surface area contributed by atoms with Crippen LogP contribution in [0.2, 0.25) is 0 Å². The van der Waals surface area contributed by atoms with Gasteiger partial charge in [-0.05, 0) is 31.2 Å². The second-order valence-corrected chi connectivity index (χ2v) is 8.32. The molecule has 2 N–H and O–H groups in total. The normalized spacial score (nSPS) is 12.0. The Bertz CT molecular complexity index is 709. The summed E-state index contributed by atoms with van der Waals surface area (Å²) in [7, 11) is 0. The van der Waals surface area contributed by atoms with E-state index in [1.807, 2.05) is 0 Å². The van der Waals surface area contributed by atoms with Gasteiger partial charge in [-0.15, -0.1) is 16.8 Å². The molecular weight excluding hydrogens is 386 g/mol. The van der Waals surface area contributed by atoms with Gasteiger partial charge in [0.15, 0.2) is 4.34 Å². The van der Waals surface area contributed by atoms with Crippen molar-refractivity contribution in [3.05, 3.63) is 36.9 Å². The van der Waals surface area contributed by atoms with Gasteiger partial charge in [0, 0.05) is 17.1 Å². The van der Waals surface area contributed by atoms with Gasteiger partial charge in [0.05, 0.1) is 5.25 Å². The maximum Gasteiger partial charge on any atom is 0.288 e. The van der Waals surface area contributed by atoms with Crippen LogP contribution in [-0.4, -0.2) is 33.7 Å². The standard InChI is InChI=1S/C15H16F2N4OS3/c1-3-8-18-14-20-21-15(25-14)23-9(2)12(22)19-10-4-6-11(7-5-10)24-13(16)17/h3-7,9,13H,1,8H2,2H3,(H,18,20)(H,19,22)/t9-/m0/s1. The zero-order valence-electron chi connectivity index (χ0n) is 13.2. The minimum absolute atomic E-state index is 0.199. The maximum atomic E-state index is 12.3. The van der Waals surface area contributed by atoms with E-state index in [1.54, 1.807) is 37.3 Å². The molecule has 0 saturated carbocycles. The third kappa shape index (κ3) is 6.63. The van der Waals surface area contributed by atoms with Crippen molar-refractivity contribution in [1.29, 1.82) is 0 Å². The zero-order chi connectivity index (χ0) is 18.2. The highest BCUT2D eigenvalue weighted by atomic mass is 32.2. The fourth-order valence-electron chi connectivity index (χ4n) is 1.66. The number of carbonyl (C=O) groups excluding carboxylic acids is 1. The molecule has 1 aromatic carbocycles. The predicted molar refractivity (Wildman–Crippen MR) is 101 cm³/mol. The van der Waals surface area contributed by atoms with E-state index in [0.29, 0.717) is 38.4 Å². The molecule has 0 saturated heterocycles. The van der Waals surface area contributed by atoms with Crippen LogP contribution in [0, 0.1) is 0 Å². The molecule has 1 amide bonds. The number of halogens is 2. The maximum absolute atomic E-state index is 12.3. The van der Waals surface area contributed by atoms with Crippen LogP contribution in [0.1, 0.15) is 6.92 Å². The number of hydrogen-bond acceptors (Lipinski definition) is 7. The molecule has 2 aromatic rings. The average molecular weight is 403 g/mol. The molecule has 10 heteroatoms. The van der Waals surface area contributed by atoms with Crippen molar-refractivity contribution in [2.24, 2.45) is 0 Å². The van der Waals surface area contributed by atoms with Gasteiger partial charge in [-0.1, -0.05) is 40.9 Å². The van der Waals surface area contributed by atoms with Crippen LogP contribution < -0.4 is 10.6 Å². The van der Waals surface area contributed by atoms with Crippen LogP contribution in [0.5, 0.6) is 0 Å². The molecule has 0 spiro atoms. The lowest BCUT2D eigenvalue weighted by molar-refractivity contribution is -0.115. The van der Waals surface area contributed by atoms with E-state index in [1.165, 1.54) is 23.1 Å². The fourth-order valence-corrected chi connectivity index (χ4v) is 4.06. The lowest BCUT2D eigenvalue weighted by Crippen LogP contribution is -2.22. The molecule has 0 bridgehead atoms. The number of benzene rings is 1. The molecule has 1 atom stereocenters. The molecule has 2 rings (SSSR count). The molecule has 0 aliphatic rings. The summed E-state index contributed by atoms with van der Waals surface area (Å²) >= 11 is 3.13. The van der Waals surface area contributed by atoms with E-state index < -0.39 is 5.76 Å². The van der Waals surface area contributed by atoms with Gasteiger partial charge in [-0.3, -0.25) is 4.79 Å². The molecule has 0 aliphatic heterocycles. The van der Waals surface area contributed by atoms with Crippen LogP contribution in [-0.2, 0) is 4.79 Å². The van der Waals surface area contributed by atoms with Crippen LogP contribution in [0.25, 0.3) is 0 Å². The second-order valence-electron chi connectivity index (χ2n) is 4.69. The van der Waals surface area contributed by atoms with Crippen molar-refractivity contribution < 1.29 is 13.6 Å². The van der Waals surface area contributed by atoms with Gasteiger partial charge in [0.25, 0.3) is 5.76 Å². The Kier molecular flexibility index (Phi) is 7.66. The first kappa shape index (κ1) is 19.7. The molecule has 5 nitrogen and oxygen atoms in total. The molecule has 1 aromatic heterocycles. The van der Waals surface area contributed by atoms with Crippen molar-refractivity contribution >= 4 is 51.6 Å². The predicted octanol–water partition coefficient (Wildman–Crippen LogP) is 4.57. The summed E-state index contributed by atoms with van der Waals surface area (Å²) in [6, 6.07) is 6.30. The summed E-state index contributed by atoms with van der Waals surface area (Å²) in [6.45, 7) is 5.97. The Hall–Kier alpha value is -1.65. The number of hydrogen-bond donors (Lipinski definition) is 2. The number of alkyl halides is 2. The van der Waals surface area contributed by atoms with Gasteiger partial charge in [-0.2, -0.15) is 8.78 Å². The minimum Gasteiger partial charge on any atom is -0.357 e. The lowest BCUT2D eigenvalue weighted by Gasteiger charge is -2.10. The average Bonchev–Trinajstić information content (AvgIpc) is 3.01. The largest absolute Gasteiger partial charge is 0.357 e. The van der Waals surface area contributed by atoms with Gasteiger partial charge in [-0.25, -0.2) is 0 Å². The highest BCUT2D eigenvalue weighted by Crippen LogP contribution is 2.30. The van der Waals surface area contributed by atoms with Crippen LogP contribution in [0.4, 0.5) is 19.6 Å². The number of amides is 1. The van der Waals surface area contributed by atoms with E-state index in [0.717, 1.165) is 0 Å². The summed E-state index contributed by atoms with van der Waals surface area (Å²) in [5.41, 5.74) is 0.557. The topological polar surface area (TPSA) is 66.9 Å². The van der Waals surface area contributed by atoms with E-state index in [2.05, 4.69) is 27.4 Å². The Labute approximate surface area is 156 Å². The number of thioether (sulfide) groups is 2. The Morgan fingerprint density at radius 3 is 2.68 bits per heavy atom. The SMILES string of the molecule is C=CCNc1nnc(S[C@@H](C)C(=O)Nc2ccc(SC(F)F)cc2)s1. The van der Waals surface area contributed by atoms with E-state index in [9.17, 15) is 13.6 Å². The zero-order valence-corrected chi connectivity index (χ0v) is 15.7. The quantitative estimate of drug-likeness (QED) is 0.473. The molecular formula is C15H16F2N4OS3. The third-order valence-electron chi connectivity index (χ3n) is 2.80. The second kappa shape index (κ2) is 9.73. The highest BCUT2D eigenvalue weighted by Gasteiger charge is 2.17. The molecule has 0 unspecified atom stereocenters. The first-order valence-corrected chi connectivity index (χ1v) is 9.76. The van der Waals surface area contributed by atoms with Gasteiger partial charge < -0.3 is 10.6 Å². The molecule has 0 aliphatic carbocycles. The van der Waals surface area contributed by atoms with Gasteiger partial charge >= 0.3 is 0 Å². The van der Waals surface area contributed by atoms with Crippen molar-refractivity contribution in [2.45, 2.75) is 27.2 Å². The summed E-state index contributed by atoms with van der Waals surface area (Å²) in [4.78, 5) is 12.7. The smallest absolute Gasteiger partial charge is 0.288 e. The number of anilines is 2. The molecule has 0 fully saturated rings.